The summed E-state index contributed by atoms with van der Waals surface area (Å²) >= 11 is 13.1. The molecule has 7 heteroatoms. The zero-order valence-electron chi connectivity index (χ0n) is 13.6. The minimum atomic E-state index is -0.517. The normalized spacial score (nSPS) is 10.4. The highest BCUT2D eigenvalue weighted by molar-refractivity contribution is 7.18. The van der Waals surface area contributed by atoms with Gasteiger partial charge in [-0.25, -0.2) is 4.79 Å². The van der Waals surface area contributed by atoms with E-state index in [1.54, 1.807) is 6.07 Å². The molecule has 0 radical (unpaired) electrons. The molecular weight excluding hydrogens is 393 g/mol. The molecule has 0 bridgehead atoms. The summed E-state index contributed by atoms with van der Waals surface area (Å²) in [6.45, 7) is 0. The molecule has 0 saturated carbocycles. The first-order chi connectivity index (χ1) is 12.5. The van der Waals surface area contributed by atoms with E-state index in [0.29, 0.717) is 26.2 Å². The van der Waals surface area contributed by atoms with E-state index in [1.807, 2.05) is 30.3 Å². The predicted octanol–water partition coefficient (Wildman–Crippen LogP) is 5.76. The number of rotatable bonds is 4. The van der Waals surface area contributed by atoms with Gasteiger partial charge in [-0.15, -0.1) is 11.3 Å². The first-order valence-electron chi connectivity index (χ1n) is 7.53. The van der Waals surface area contributed by atoms with Crippen LogP contribution in [0, 0.1) is 0 Å². The molecule has 0 unspecified atom stereocenters. The smallest absolute Gasteiger partial charge is 0.350 e. The predicted molar refractivity (Wildman–Crippen MR) is 106 cm³/mol. The highest BCUT2D eigenvalue weighted by Gasteiger charge is 2.20. The largest absolute Gasteiger partial charge is 0.465 e. The number of halogens is 2. The van der Waals surface area contributed by atoms with Crippen molar-refractivity contribution in [3.05, 3.63) is 75.1 Å². The van der Waals surface area contributed by atoms with Crippen LogP contribution in [0.3, 0.4) is 0 Å². The number of benzene rings is 2. The number of hydrogen-bond donors (Lipinski definition) is 1. The fraction of sp³-hybridized carbons (Fsp3) is 0.0526. The molecular formula is C19H13Cl2NO3S. The maximum absolute atomic E-state index is 12.6. The summed E-state index contributed by atoms with van der Waals surface area (Å²) in [4.78, 5) is 25.8. The van der Waals surface area contributed by atoms with Crippen LogP contribution in [-0.4, -0.2) is 19.0 Å². The molecule has 3 rings (SSSR count). The van der Waals surface area contributed by atoms with Gasteiger partial charge in [0.15, 0.2) is 0 Å². The summed E-state index contributed by atoms with van der Waals surface area (Å²) in [5.41, 5.74) is 1.61. The van der Waals surface area contributed by atoms with Gasteiger partial charge in [0.1, 0.15) is 4.88 Å². The number of anilines is 1. The van der Waals surface area contributed by atoms with E-state index in [1.165, 1.54) is 36.6 Å². The average molecular weight is 406 g/mol. The van der Waals surface area contributed by atoms with Crippen molar-refractivity contribution in [1.82, 2.24) is 0 Å². The Labute approximate surface area is 164 Å². The minimum absolute atomic E-state index is 0.297. The molecule has 1 aromatic heterocycles. The highest BCUT2D eigenvalue weighted by Crippen LogP contribution is 2.35. The number of thiophene rings is 1. The molecule has 0 atom stereocenters. The van der Waals surface area contributed by atoms with Crippen molar-refractivity contribution in [1.29, 1.82) is 0 Å². The topological polar surface area (TPSA) is 55.4 Å². The Bertz CT molecular complexity index is 950. The zero-order chi connectivity index (χ0) is 18.7. The lowest BCUT2D eigenvalue weighted by Gasteiger charge is -2.06. The Kier molecular flexibility index (Phi) is 5.61. The van der Waals surface area contributed by atoms with E-state index in [9.17, 15) is 9.59 Å². The van der Waals surface area contributed by atoms with Crippen molar-refractivity contribution in [2.45, 2.75) is 0 Å². The van der Waals surface area contributed by atoms with Gasteiger partial charge in [0.25, 0.3) is 5.91 Å². The van der Waals surface area contributed by atoms with Gasteiger partial charge in [-0.05, 0) is 29.8 Å². The van der Waals surface area contributed by atoms with Gasteiger partial charge in [-0.2, -0.15) is 0 Å². The van der Waals surface area contributed by atoms with Gasteiger partial charge >= 0.3 is 5.97 Å². The number of esters is 1. The summed E-state index contributed by atoms with van der Waals surface area (Å²) in [6, 6.07) is 15.9. The van der Waals surface area contributed by atoms with Crippen LogP contribution in [0.4, 0.5) is 5.69 Å². The summed E-state index contributed by atoms with van der Waals surface area (Å²) in [7, 11) is 1.30. The van der Waals surface area contributed by atoms with Crippen molar-refractivity contribution in [2.75, 3.05) is 12.4 Å². The summed E-state index contributed by atoms with van der Waals surface area (Å²) in [5, 5.41) is 3.45. The van der Waals surface area contributed by atoms with Crippen LogP contribution in [-0.2, 0) is 4.74 Å². The van der Waals surface area contributed by atoms with Crippen molar-refractivity contribution in [2.24, 2.45) is 0 Å². The second-order valence-electron chi connectivity index (χ2n) is 5.32. The first-order valence-corrected chi connectivity index (χ1v) is 9.10. The van der Waals surface area contributed by atoms with Crippen LogP contribution in [0.15, 0.2) is 54.6 Å². The summed E-state index contributed by atoms with van der Waals surface area (Å²) < 4.78 is 4.83. The van der Waals surface area contributed by atoms with E-state index < -0.39 is 11.9 Å². The standard InChI is InChI=1S/C19H13Cl2NO3S/c1-25-19(24)17-15(10-16(26-17)11-5-3-2-4-6-11)22-18(23)12-7-13(20)9-14(21)8-12/h2-10H,1H3,(H,22,23). The molecule has 2 aromatic carbocycles. The number of carbonyl (C=O) groups is 2. The van der Waals surface area contributed by atoms with Crippen molar-refractivity contribution >= 4 is 52.1 Å². The number of amides is 1. The molecule has 1 N–H and O–H groups in total. The Balaban J connectivity index is 1.96. The molecule has 1 heterocycles. The van der Waals surface area contributed by atoms with Gasteiger partial charge < -0.3 is 10.1 Å². The average Bonchev–Trinajstić information content (AvgIpc) is 3.04. The number of hydrogen-bond acceptors (Lipinski definition) is 4. The van der Waals surface area contributed by atoms with Crippen molar-refractivity contribution < 1.29 is 14.3 Å². The molecule has 0 aliphatic heterocycles. The molecule has 4 nitrogen and oxygen atoms in total. The van der Waals surface area contributed by atoms with Gasteiger partial charge in [0.05, 0.1) is 12.8 Å². The van der Waals surface area contributed by atoms with E-state index >= 15 is 0 Å². The van der Waals surface area contributed by atoms with Crippen molar-refractivity contribution in [3.8, 4) is 10.4 Å². The maximum Gasteiger partial charge on any atom is 0.350 e. The molecule has 26 heavy (non-hydrogen) atoms. The van der Waals surface area contributed by atoms with Crippen LogP contribution in [0.2, 0.25) is 10.0 Å². The third-order valence-electron chi connectivity index (χ3n) is 3.53. The van der Waals surface area contributed by atoms with Crippen LogP contribution in [0.5, 0.6) is 0 Å². The molecule has 0 aliphatic rings. The third kappa shape index (κ3) is 4.07. The zero-order valence-corrected chi connectivity index (χ0v) is 15.9. The van der Waals surface area contributed by atoms with Gasteiger partial charge in [0, 0.05) is 20.5 Å². The molecule has 0 fully saturated rings. The molecule has 3 aromatic rings. The minimum Gasteiger partial charge on any atom is -0.465 e. The second-order valence-corrected chi connectivity index (χ2v) is 7.25. The number of ether oxygens (including phenoxy) is 1. The fourth-order valence-electron chi connectivity index (χ4n) is 2.35. The lowest BCUT2D eigenvalue weighted by Crippen LogP contribution is -2.14. The Morgan fingerprint density at radius 3 is 2.27 bits per heavy atom. The van der Waals surface area contributed by atoms with E-state index in [4.69, 9.17) is 27.9 Å². The maximum atomic E-state index is 12.6. The number of carbonyl (C=O) groups excluding carboxylic acids is 2. The number of nitrogens with one attached hydrogen (secondary N) is 1. The van der Waals surface area contributed by atoms with Crippen molar-refractivity contribution in [3.63, 3.8) is 0 Å². The van der Waals surface area contributed by atoms with Crippen LogP contribution in [0.25, 0.3) is 10.4 Å². The monoisotopic (exact) mass is 405 g/mol. The van der Waals surface area contributed by atoms with Gasteiger partial charge in [0.2, 0.25) is 0 Å². The van der Waals surface area contributed by atoms with Crippen LogP contribution >= 0.6 is 34.5 Å². The lowest BCUT2D eigenvalue weighted by atomic mass is 10.1. The summed E-state index contributed by atoms with van der Waals surface area (Å²) in [6.07, 6.45) is 0. The SMILES string of the molecule is COC(=O)c1sc(-c2ccccc2)cc1NC(=O)c1cc(Cl)cc(Cl)c1. The van der Waals surface area contributed by atoms with E-state index in [2.05, 4.69) is 5.32 Å². The fourth-order valence-corrected chi connectivity index (χ4v) is 3.92. The van der Waals surface area contributed by atoms with E-state index in [-0.39, 0.29) is 0 Å². The summed E-state index contributed by atoms with van der Waals surface area (Å²) in [5.74, 6) is -0.937. The lowest BCUT2D eigenvalue weighted by molar-refractivity contribution is 0.0607. The molecule has 0 saturated heterocycles. The Hall–Kier alpha value is -2.34. The quantitative estimate of drug-likeness (QED) is 0.561. The first kappa shape index (κ1) is 18.5. The molecule has 132 valence electrons. The second kappa shape index (κ2) is 7.91. The van der Waals surface area contributed by atoms with Crippen LogP contribution < -0.4 is 5.32 Å². The Morgan fingerprint density at radius 2 is 1.65 bits per heavy atom. The third-order valence-corrected chi connectivity index (χ3v) is 5.13. The Morgan fingerprint density at radius 1 is 1.00 bits per heavy atom. The van der Waals surface area contributed by atoms with Crippen LogP contribution in [0.1, 0.15) is 20.0 Å². The van der Waals surface area contributed by atoms with Gasteiger partial charge in [-0.3, -0.25) is 4.79 Å². The van der Waals surface area contributed by atoms with E-state index in [0.717, 1.165) is 10.4 Å². The van der Waals surface area contributed by atoms with Gasteiger partial charge in [-0.1, -0.05) is 53.5 Å². The molecule has 1 amide bonds. The highest BCUT2D eigenvalue weighted by atomic mass is 35.5. The molecule has 0 aliphatic carbocycles. The number of methoxy groups -OCH3 is 1. The molecule has 0 spiro atoms.